The van der Waals surface area contributed by atoms with Crippen molar-refractivity contribution in [1.82, 2.24) is 14.5 Å². The van der Waals surface area contributed by atoms with Crippen LogP contribution < -0.4 is 10.9 Å². The number of fused-ring (bicyclic) bond motifs is 1. The summed E-state index contributed by atoms with van der Waals surface area (Å²) < 4.78 is 1.47. The largest absolute Gasteiger partial charge is 0.325 e. The van der Waals surface area contributed by atoms with Gasteiger partial charge < -0.3 is 5.32 Å². The molecule has 4 rings (SSSR count). The summed E-state index contributed by atoms with van der Waals surface area (Å²) in [6.07, 6.45) is 1.71. The van der Waals surface area contributed by atoms with E-state index in [9.17, 15) is 9.59 Å². The van der Waals surface area contributed by atoms with Gasteiger partial charge in [-0.15, -0.1) is 0 Å². The number of benzene rings is 2. The van der Waals surface area contributed by atoms with Crippen LogP contribution in [0, 0.1) is 6.92 Å². The Balaban J connectivity index is 1.65. The molecule has 0 atom stereocenters. The van der Waals surface area contributed by atoms with Crippen molar-refractivity contribution in [2.75, 3.05) is 11.1 Å². The molecule has 0 radical (unpaired) electrons. The monoisotopic (exact) mass is 444 g/mol. The maximum Gasteiger partial charge on any atom is 0.267 e. The molecule has 0 aliphatic carbocycles. The Morgan fingerprint density at radius 1 is 1.06 bits per heavy atom. The van der Waals surface area contributed by atoms with Gasteiger partial charge in [0, 0.05) is 11.9 Å². The van der Waals surface area contributed by atoms with E-state index in [1.807, 2.05) is 49.4 Å². The number of para-hydroxylation sites is 2. The van der Waals surface area contributed by atoms with Crippen LogP contribution in [0.3, 0.4) is 0 Å². The zero-order valence-electron chi connectivity index (χ0n) is 18.2. The Bertz CT molecular complexity index is 1330. The predicted octanol–water partition coefficient (Wildman–Crippen LogP) is 4.94. The summed E-state index contributed by atoms with van der Waals surface area (Å²) in [7, 11) is 0. The summed E-state index contributed by atoms with van der Waals surface area (Å²) in [4.78, 5) is 35.1. The molecule has 4 aromatic rings. The summed E-state index contributed by atoms with van der Waals surface area (Å²) in [6, 6.07) is 18.7. The molecule has 32 heavy (non-hydrogen) atoms. The van der Waals surface area contributed by atoms with Crippen molar-refractivity contribution in [3.63, 3.8) is 0 Å². The number of amides is 1. The molecule has 1 amide bonds. The Labute approximate surface area is 190 Å². The summed E-state index contributed by atoms with van der Waals surface area (Å²) in [5.74, 6) is 0.725. The second-order valence-corrected chi connectivity index (χ2v) is 8.77. The molecule has 0 saturated carbocycles. The maximum atomic E-state index is 13.3. The fraction of sp³-hybridized carbons (Fsp3) is 0.200. The molecule has 0 unspecified atom stereocenters. The van der Waals surface area contributed by atoms with Crippen molar-refractivity contribution in [2.24, 2.45) is 0 Å². The number of aromatic nitrogens is 3. The van der Waals surface area contributed by atoms with E-state index in [-0.39, 0.29) is 17.2 Å². The van der Waals surface area contributed by atoms with E-state index in [1.165, 1.54) is 16.3 Å². The van der Waals surface area contributed by atoms with E-state index in [0.29, 0.717) is 27.8 Å². The summed E-state index contributed by atoms with van der Waals surface area (Å²) in [5, 5.41) is 3.93. The molecule has 2 aromatic carbocycles. The van der Waals surface area contributed by atoms with Gasteiger partial charge in [-0.1, -0.05) is 62.0 Å². The van der Waals surface area contributed by atoms with Crippen LogP contribution in [0.15, 0.2) is 76.8 Å². The molecule has 2 aromatic heterocycles. The summed E-state index contributed by atoms with van der Waals surface area (Å²) in [6.45, 7) is 6.12. The Kier molecular flexibility index (Phi) is 6.37. The third-order valence-electron chi connectivity index (χ3n) is 5.06. The quantitative estimate of drug-likeness (QED) is 0.337. The van der Waals surface area contributed by atoms with Gasteiger partial charge >= 0.3 is 0 Å². The van der Waals surface area contributed by atoms with E-state index >= 15 is 0 Å². The van der Waals surface area contributed by atoms with Crippen molar-refractivity contribution in [2.45, 2.75) is 31.8 Å². The van der Waals surface area contributed by atoms with Gasteiger partial charge in [0.25, 0.3) is 5.56 Å². The minimum Gasteiger partial charge on any atom is -0.325 e. The molecule has 2 heterocycles. The number of nitrogens with one attached hydrogen (secondary N) is 1. The second kappa shape index (κ2) is 9.36. The molecule has 0 saturated heterocycles. The van der Waals surface area contributed by atoms with Gasteiger partial charge in [0.1, 0.15) is 5.82 Å². The van der Waals surface area contributed by atoms with E-state index in [1.54, 1.807) is 24.4 Å². The Morgan fingerprint density at radius 3 is 2.56 bits per heavy atom. The Hall–Kier alpha value is -3.45. The summed E-state index contributed by atoms with van der Waals surface area (Å²) >= 11 is 1.22. The first-order valence-electron chi connectivity index (χ1n) is 10.4. The number of hydrogen-bond acceptors (Lipinski definition) is 5. The standard InChI is InChI=1S/C25H24N4O2S/c1-16(2)18-8-4-6-10-20(18)27-23(30)15-32-25-28-21-11-7-5-9-19(21)24(31)29(25)22-13-12-17(3)14-26-22/h4-14,16H,15H2,1-3H3,(H,27,30). The SMILES string of the molecule is Cc1ccc(-n2c(SCC(=O)Nc3ccccc3C(C)C)nc3ccccc3c2=O)nc1. The molecule has 0 bridgehead atoms. The minimum absolute atomic E-state index is 0.114. The van der Waals surface area contributed by atoms with Gasteiger partial charge in [-0.3, -0.25) is 9.59 Å². The third kappa shape index (κ3) is 4.57. The van der Waals surface area contributed by atoms with E-state index in [4.69, 9.17) is 0 Å². The van der Waals surface area contributed by atoms with Gasteiger partial charge in [-0.25, -0.2) is 14.5 Å². The smallest absolute Gasteiger partial charge is 0.267 e. The first kappa shape index (κ1) is 21.8. The lowest BCUT2D eigenvalue weighted by atomic mass is 10.0. The summed E-state index contributed by atoms with van der Waals surface area (Å²) in [5.41, 5.74) is 3.26. The number of aryl methyl sites for hydroxylation is 1. The topological polar surface area (TPSA) is 76.9 Å². The zero-order chi connectivity index (χ0) is 22.7. The molecule has 162 valence electrons. The molecule has 1 N–H and O–H groups in total. The van der Waals surface area contributed by atoms with E-state index in [2.05, 4.69) is 29.1 Å². The van der Waals surface area contributed by atoms with Crippen molar-refractivity contribution in [3.8, 4) is 5.82 Å². The van der Waals surface area contributed by atoms with Crippen LogP contribution in [0.4, 0.5) is 5.69 Å². The number of carbonyl (C=O) groups is 1. The highest BCUT2D eigenvalue weighted by molar-refractivity contribution is 7.99. The number of anilines is 1. The molecule has 0 fully saturated rings. The van der Waals surface area contributed by atoms with Crippen molar-refractivity contribution in [3.05, 3.63) is 88.3 Å². The van der Waals surface area contributed by atoms with Crippen LogP contribution >= 0.6 is 11.8 Å². The highest BCUT2D eigenvalue weighted by Gasteiger charge is 2.16. The second-order valence-electron chi connectivity index (χ2n) is 7.82. The molecule has 7 heteroatoms. The fourth-order valence-corrected chi connectivity index (χ4v) is 4.23. The molecule has 6 nitrogen and oxygen atoms in total. The molecule has 0 aliphatic rings. The van der Waals surface area contributed by atoms with Gasteiger partial charge in [0.15, 0.2) is 5.16 Å². The van der Waals surface area contributed by atoms with E-state index in [0.717, 1.165) is 16.8 Å². The normalized spacial score (nSPS) is 11.1. The van der Waals surface area contributed by atoms with Gasteiger partial charge in [-0.05, 0) is 48.2 Å². The van der Waals surface area contributed by atoms with Crippen LogP contribution in [0.1, 0.15) is 30.9 Å². The number of carbonyl (C=O) groups excluding carboxylic acids is 1. The lowest BCUT2D eigenvalue weighted by Crippen LogP contribution is -2.23. The number of nitrogens with zero attached hydrogens (tertiary/aromatic N) is 3. The average Bonchev–Trinajstić information content (AvgIpc) is 2.79. The highest BCUT2D eigenvalue weighted by Crippen LogP contribution is 2.25. The first-order valence-corrected chi connectivity index (χ1v) is 11.4. The van der Waals surface area contributed by atoms with Crippen LogP contribution in [0.5, 0.6) is 0 Å². The first-order chi connectivity index (χ1) is 15.4. The number of pyridine rings is 1. The molecular formula is C25H24N4O2S. The zero-order valence-corrected chi connectivity index (χ0v) is 19.0. The van der Waals surface area contributed by atoms with Crippen LogP contribution in [0.25, 0.3) is 16.7 Å². The minimum atomic E-state index is -0.208. The average molecular weight is 445 g/mol. The van der Waals surface area contributed by atoms with Crippen LogP contribution in [-0.2, 0) is 4.79 Å². The van der Waals surface area contributed by atoms with Gasteiger partial charge in [-0.2, -0.15) is 0 Å². The highest BCUT2D eigenvalue weighted by atomic mass is 32.2. The van der Waals surface area contributed by atoms with Crippen LogP contribution in [0.2, 0.25) is 0 Å². The third-order valence-corrected chi connectivity index (χ3v) is 6.00. The number of hydrogen-bond donors (Lipinski definition) is 1. The number of thioether (sulfide) groups is 1. The lowest BCUT2D eigenvalue weighted by molar-refractivity contribution is -0.113. The van der Waals surface area contributed by atoms with Crippen LogP contribution in [-0.4, -0.2) is 26.2 Å². The van der Waals surface area contributed by atoms with Crippen molar-refractivity contribution in [1.29, 1.82) is 0 Å². The van der Waals surface area contributed by atoms with Gasteiger partial charge in [0.05, 0.1) is 16.7 Å². The molecule has 0 aliphatic heterocycles. The number of rotatable bonds is 6. The maximum absolute atomic E-state index is 13.3. The predicted molar refractivity (Wildman–Crippen MR) is 130 cm³/mol. The van der Waals surface area contributed by atoms with E-state index < -0.39 is 0 Å². The molecular weight excluding hydrogens is 420 g/mol. The Morgan fingerprint density at radius 2 is 1.81 bits per heavy atom. The van der Waals surface area contributed by atoms with Gasteiger partial charge in [0.2, 0.25) is 5.91 Å². The van der Waals surface area contributed by atoms with Crippen molar-refractivity contribution < 1.29 is 4.79 Å². The molecule has 0 spiro atoms. The van der Waals surface area contributed by atoms with Crippen molar-refractivity contribution >= 4 is 34.3 Å². The fourth-order valence-electron chi connectivity index (χ4n) is 3.43. The lowest BCUT2D eigenvalue weighted by Gasteiger charge is -2.14.